The summed E-state index contributed by atoms with van der Waals surface area (Å²) >= 11 is 6.21. The summed E-state index contributed by atoms with van der Waals surface area (Å²) in [6.45, 7) is 6.84. The fraction of sp³-hybridized carbons (Fsp3) is 0.647. The van der Waals surface area contributed by atoms with Gasteiger partial charge in [0.05, 0.1) is 0 Å². The molecule has 110 valence electrons. The van der Waals surface area contributed by atoms with Crippen molar-refractivity contribution in [3.05, 3.63) is 28.8 Å². The van der Waals surface area contributed by atoms with E-state index in [0.29, 0.717) is 6.04 Å². The molecule has 1 aromatic rings. The second-order valence-corrected chi connectivity index (χ2v) is 6.92. The molecule has 2 unspecified atom stereocenters. The van der Waals surface area contributed by atoms with E-state index in [1.165, 1.54) is 43.5 Å². The molecule has 1 aromatic carbocycles. The minimum atomic E-state index is 0.615. The number of halogens is 1. The molecule has 0 radical (unpaired) electrons. The van der Waals surface area contributed by atoms with Gasteiger partial charge in [-0.05, 0) is 62.3 Å². The highest BCUT2D eigenvalue weighted by molar-refractivity contribution is 6.30. The molecule has 20 heavy (non-hydrogen) atoms. The molecule has 1 N–H and O–H groups in total. The Kier molecular flexibility index (Phi) is 4.23. The Labute approximate surface area is 127 Å². The molecule has 2 atom stereocenters. The largest absolute Gasteiger partial charge is 0.368 e. The van der Waals surface area contributed by atoms with Gasteiger partial charge in [0.25, 0.3) is 0 Å². The third-order valence-electron chi connectivity index (χ3n) is 4.88. The molecule has 2 nitrogen and oxygen atoms in total. The van der Waals surface area contributed by atoms with Crippen molar-refractivity contribution >= 4 is 17.3 Å². The fourth-order valence-corrected chi connectivity index (χ4v) is 3.39. The molecule has 1 saturated carbocycles. The van der Waals surface area contributed by atoms with E-state index in [2.05, 4.69) is 36.2 Å². The van der Waals surface area contributed by atoms with Crippen molar-refractivity contribution in [1.82, 2.24) is 5.32 Å². The number of hydrogen-bond donors (Lipinski definition) is 1. The molecule has 1 heterocycles. The first-order valence-corrected chi connectivity index (χ1v) is 8.31. The SMILES string of the molecule is CC1CCCN(c2ccc(Cl)cc2CNC2CC2)C1C. The summed E-state index contributed by atoms with van der Waals surface area (Å²) in [5.41, 5.74) is 2.73. The third-order valence-corrected chi connectivity index (χ3v) is 5.12. The summed E-state index contributed by atoms with van der Waals surface area (Å²) in [5.74, 6) is 0.767. The predicted molar refractivity (Wildman–Crippen MR) is 86.5 cm³/mol. The van der Waals surface area contributed by atoms with Crippen molar-refractivity contribution in [2.75, 3.05) is 11.4 Å². The quantitative estimate of drug-likeness (QED) is 0.894. The Morgan fingerprint density at radius 2 is 2.05 bits per heavy atom. The van der Waals surface area contributed by atoms with Crippen LogP contribution in [0.2, 0.25) is 5.02 Å². The average Bonchev–Trinajstić information content (AvgIpc) is 3.24. The smallest absolute Gasteiger partial charge is 0.0415 e. The number of nitrogens with one attached hydrogen (secondary N) is 1. The summed E-state index contributed by atoms with van der Waals surface area (Å²) in [6.07, 6.45) is 5.30. The predicted octanol–water partition coefficient (Wildman–Crippen LogP) is 4.22. The van der Waals surface area contributed by atoms with Crippen molar-refractivity contribution < 1.29 is 0 Å². The topological polar surface area (TPSA) is 15.3 Å². The highest BCUT2D eigenvalue weighted by Crippen LogP contribution is 2.32. The average molecular weight is 293 g/mol. The second kappa shape index (κ2) is 5.95. The molecular weight excluding hydrogens is 268 g/mol. The van der Waals surface area contributed by atoms with Gasteiger partial charge in [0.15, 0.2) is 0 Å². The minimum Gasteiger partial charge on any atom is -0.368 e. The lowest BCUT2D eigenvalue weighted by Gasteiger charge is -2.40. The first kappa shape index (κ1) is 14.2. The zero-order valence-electron chi connectivity index (χ0n) is 12.5. The maximum absolute atomic E-state index is 6.21. The van der Waals surface area contributed by atoms with Crippen LogP contribution in [0.4, 0.5) is 5.69 Å². The van der Waals surface area contributed by atoms with Gasteiger partial charge in [-0.2, -0.15) is 0 Å². The Morgan fingerprint density at radius 1 is 1.25 bits per heavy atom. The van der Waals surface area contributed by atoms with Crippen LogP contribution in [0.15, 0.2) is 18.2 Å². The fourth-order valence-electron chi connectivity index (χ4n) is 3.19. The van der Waals surface area contributed by atoms with Gasteiger partial charge in [-0.1, -0.05) is 18.5 Å². The highest BCUT2D eigenvalue weighted by Gasteiger charge is 2.27. The van der Waals surface area contributed by atoms with E-state index in [9.17, 15) is 0 Å². The van der Waals surface area contributed by atoms with E-state index >= 15 is 0 Å². The Morgan fingerprint density at radius 3 is 2.80 bits per heavy atom. The van der Waals surface area contributed by atoms with E-state index in [1.54, 1.807) is 0 Å². The number of anilines is 1. The van der Waals surface area contributed by atoms with Crippen LogP contribution >= 0.6 is 11.6 Å². The lowest BCUT2D eigenvalue weighted by Crippen LogP contribution is -2.43. The van der Waals surface area contributed by atoms with Gasteiger partial charge in [-0.3, -0.25) is 0 Å². The number of rotatable bonds is 4. The normalized spacial score (nSPS) is 26.9. The molecule has 0 aromatic heterocycles. The summed E-state index contributed by atoms with van der Waals surface area (Å²) in [4.78, 5) is 2.58. The number of nitrogens with zero attached hydrogens (tertiary/aromatic N) is 1. The molecule has 0 spiro atoms. The van der Waals surface area contributed by atoms with Crippen LogP contribution in [0.1, 0.15) is 45.1 Å². The van der Waals surface area contributed by atoms with Gasteiger partial charge in [-0.25, -0.2) is 0 Å². The zero-order valence-corrected chi connectivity index (χ0v) is 13.3. The number of benzene rings is 1. The Hall–Kier alpha value is -0.730. The molecule has 0 amide bonds. The van der Waals surface area contributed by atoms with Gasteiger partial charge < -0.3 is 10.2 Å². The van der Waals surface area contributed by atoms with E-state index < -0.39 is 0 Å². The van der Waals surface area contributed by atoms with Gasteiger partial charge in [0, 0.05) is 35.9 Å². The van der Waals surface area contributed by atoms with Crippen molar-refractivity contribution in [3.63, 3.8) is 0 Å². The maximum Gasteiger partial charge on any atom is 0.0415 e. The highest BCUT2D eigenvalue weighted by atomic mass is 35.5. The summed E-state index contributed by atoms with van der Waals surface area (Å²) in [7, 11) is 0. The van der Waals surface area contributed by atoms with Crippen LogP contribution in [0.3, 0.4) is 0 Å². The first-order valence-electron chi connectivity index (χ1n) is 7.93. The molecule has 1 aliphatic heterocycles. The van der Waals surface area contributed by atoms with Gasteiger partial charge in [0.2, 0.25) is 0 Å². The van der Waals surface area contributed by atoms with Crippen LogP contribution in [0.5, 0.6) is 0 Å². The first-order chi connectivity index (χ1) is 9.65. The lowest BCUT2D eigenvalue weighted by molar-refractivity contribution is 0.363. The van der Waals surface area contributed by atoms with E-state index in [0.717, 1.165) is 23.5 Å². The molecule has 2 aliphatic rings. The van der Waals surface area contributed by atoms with Crippen molar-refractivity contribution in [2.24, 2.45) is 5.92 Å². The molecule has 0 bridgehead atoms. The summed E-state index contributed by atoms with van der Waals surface area (Å²) < 4.78 is 0. The molecule has 2 fully saturated rings. The van der Waals surface area contributed by atoms with E-state index in [-0.39, 0.29) is 0 Å². The molecule has 3 rings (SSSR count). The van der Waals surface area contributed by atoms with Crippen LogP contribution < -0.4 is 10.2 Å². The van der Waals surface area contributed by atoms with Gasteiger partial charge in [-0.15, -0.1) is 0 Å². The van der Waals surface area contributed by atoms with Crippen molar-refractivity contribution in [3.8, 4) is 0 Å². The zero-order chi connectivity index (χ0) is 14.1. The molecular formula is C17H25ClN2. The molecule has 3 heteroatoms. The van der Waals surface area contributed by atoms with E-state index in [4.69, 9.17) is 11.6 Å². The number of piperidine rings is 1. The monoisotopic (exact) mass is 292 g/mol. The molecule has 1 saturated heterocycles. The van der Waals surface area contributed by atoms with Crippen LogP contribution in [0.25, 0.3) is 0 Å². The minimum absolute atomic E-state index is 0.615. The molecule has 1 aliphatic carbocycles. The van der Waals surface area contributed by atoms with Crippen LogP contribution in [0, 0.1) is 5.92 Å². The van der Waals surface area contributed by atoms with Crippen molar-refractivity contribution in [2.45, 2.75) is 58.2 Å². The Bertz CT molecular complexity index is 470. The lowest BCUT2D eigenvalue weighted by atomic mass is 9.91. The third kappa shape index (κ3) is 3.12. The summed E-state index contributed by atoms with van der Waals surface area (Å²) in [6, 6.07) is 7.73. The van der Waals surface area contributed by atoms with Gasteiger partial charge in [0.1, 0.15) is 0 Å². The van der Waals surface area contributed by atoms with E-state index in [1.807, 2.05) is 6.07 Å². The standard InChI is InChI=1S/C17H25ClN2/c1-12-4-3-9-20(13(12)2)17-8-5-15(18)10-14(17)11-19-16-6-7-16/h5,8,10,12-13,16,19H,3-4,6-7,9,11H2,1-2H3. The maximum atomic E-state index is 6.21. The second-order valence-electron chi connectivity index (χ2n) is 6.48. The van der Waals surface area contributed by atoms with Crippen LogP contribution in [-0.2, 0) is 6.54 Å². The Balaban J connectivity index is 1.82. The van der Waals surface area contributed by atoms with Crippen molar-refractivity contribution in [1.29, 1.82) is 0 Å². The number of hydrogen-bond acceptors (Lipinski definition) is 2. The summed E-state index contributed by atoms with van der Waals surface area (Å²) in [5, 5.41) is 4.47. The van der Waals surface area contributed by atoms with Gasteiger partial charge >= 0.3 is 0 Å². The van der Waals surface area contributed by atoms with Crippen LogP contribution in [-0.4, -0.2) is 18.6 Å².